The molecule has 10 heavy (non-hydrogen) atoms. The van der Waals surface area contributed by atoms with E-state index in [1.54, 1.807) is 0 Å². The van der Waals surface area contributed by atoms with E-state index >= 15 is 0 Å². The Labute approximate surface area is 61.8 Å². The topological polar surface area (TPSA) is 17.1 Å². The fourth-order valence-electron chi connectivity index (χ4n) is 1.48. The van der Waals surface area contributed by atoms with Crippen molar-refractivity contribution >= 4 is 6.29 Å². The van der Waals surface area contributed by atoms with Crippen molar-refractivity contribution in [3.63, 3.8) is 0 Å². The first-order valence-electron chi connectivity index (χ1n) is 3.77. The van der Waals surface area contributed by atoms with Gasteiger partial charge in [-0.2, -0.15) is 0 Å². The van der Waals surface area contributed by atoms with Crippen molar-refractivity contribution in [3.05, 3.63) is 0 Å². The molecule has 0 bridgehead atoms. The number of hydrogen-bond acceptors (Lipinski definition) is 1. The predicted molar refractivity (Wildman–Crippen MR) is 40.4 cm³/mol. The van der Waals surface area contributed by atoms with Gasteiger partial charge in [0, 0.05) is 0 Å². The Morgan fingerprint density at radius 1 is 1.30 bits per heavy atom. The van der Waals surface area contributed by atoms with Crippen molar-refractivity contribution in [3.8, 4) is 12.3 Å². The lowest BCUT2D eigenvalue weighted by Gasteiger charge is -2.25. The molecular weight excluding hydrogens is 124 g/mol. The Balaban J connectivity index is 2.63. The minimum absolute atomic E-state index is 0.391. The second kappa shape index (κ2) is 2.88. The molecule has 0 atom stereocenters. The molecule has 1 heteroatoms. The van der Waals surface area contributed by atoms with Crippen LogP contribution in [-0.2, 0) is 4.79 Å². The van der Waals surface area contributed by atoms with Crippen LogP contribution in [0.4, 0.5) is 0 Å². The van der Waals surface area contributed by atoms with Crippen molar-refractivity contribution < 1.29 is 4.79 Å². The lowest BCUT2D eigenvalue weighted by molar-refractivity contribution is -0.114. The number of hydrogen-bond donors (Lipinski definition) is 0. The van der Waals surface area contributed by atoms with E-state index in [-0.39, 0.29) is 0 Å². The normalized spacial score (nSPS) is 23.1. The third kappa shape index (κ3) is 1.21. The van der Waals surface area contributed by atoms with Crippen LogP contribution in [0.2, 0.25) is 0 Å². The van der Waals surface area contributed by atoms with Crippen LogP contribution in [0.1, 0.15) is 32.1 Å². The van der Waals surface area contributed by atoms with Crippen LogP contribution in [0.25, 0.3) is 0 Å². The highest BCUT2D eigenvalue weighted by molar-refractivity contribution is 5.64. The molecule has 1 aliphatic rings. The highest BCUT2D eigenvalue weighted by atomic mass is 16.1. The maximum absolute atomic E-state index is 10.6. The minimum Gasteiger partial charge on any atom is -0.302 e. The molecule has 0 aromatic heterocycles. The molecule has 0 unspecified atom stereocenters. The largest absolute Gasteiger partial charge is 0.302 e. The summed E-state index contributed by atoms with van der Waals surface area (Å²) in [6, 6.07) is 0. The minimum atomic E-state index is -0.391. The van der Waals surface area contributed by atoms with E-state index in [1.165, 1.54) is 6.42 Å². The Hall–Kier alpha value is -0.770. The Morgan fingerprint density at radius 3 is 2.20 bits per heavy atom. The lowest BCUT2D eigenvalue weighted by Crippen LogP contribution is -2.23. The zero-order valence-corrected chi connectivity index (χ0v) is 6.10. The first kappa shape index (κ1) is 7.34. The summed E-state index contributed by atoms with van der Waals surface area (Å²) in [5, 5.41) is 0. The van der Waals surface area contributed by atoms with E-state index in [0.29, 0.717) is 0 Å². The molecular formula is C9H12O. The lowest BCUT2D eigenvalue weighted by atomic mass is 9.76. The van der Waals surface area contributed by atoms with Crippen molar-refractivity contribution in [2.24, 2.45) is 5.41 Å². The number of terminal acetylenes is 1. The van der Waals surface area contributed by atoms with Crippen LogP contribution in [0.5, 0.6) is 0 Å². The molecule has 0 saturated heterocycles. The highest BCUT2D eigenvalue weighted by Crippen LogP contribution is 2.33. The average molecular weight is 136 g/mol. The number of rotatable bonds is 1. The Morgan fingerprint density at radius 2 is 1.90 bits per heavy atom. The smallest absolute Gasteiger partial charge is 0.138 e. The standard InChI is InChI=1S/C9H12O/c1-2-9(8-10)6-4-3-5-7-9/h1,8H,3-7H2. The molecule has 54 valence electrons. The van der Waals surface area contributed by atoms with E-state index in [9.17, 15) is 4.79 Å². The number of aldehydes is 1. The molecule has 1 rings (SSSR count). The maximum atomic E-state index is 10.6. The molecule has 0 aromatic rings. The van der Waals surface area contributed by atoms with E-state index in [2.05, 4.69) is 5.92 Å². The Kier molecular flexibility index (Phi) is 2.11. The molecule has 0 N–H and O–H groups in total. The molecule has 0 heterocycles. The Bertz CT molecular complexity index is 158. The first-order chi connectivity index (χ1) is 4.83. The van der Waals surface area contributed by atoms with Gasteiger partial charge in [-0.25, -0.2) is 0 Å². The van der Waals surface area contributed by atoms with Gasteiger partial charge in [0.2, 0.25) is 0 Å². The molecule has 0 aliphatic heterocycles. The third-order valence-corrected chi connectivity index (χ3v) is 2.26. The van der Waals surface area contributed by atoms with E-state index in [4.69, 9.17) is 6.42 Å². The molecule has 1 saturated carbocycles. The summed E-state index contributed by atoms with van der Waals surface area (Å²) in [7, 11) is 0. The summed E-state index contributed by atoms with van der Waals surface area (Å²) in [4.78, 5) is 10.6. The van der Waals surface area contributed by atoms with Crippen molar-refractivity contribution in [2.75, 3.05) is 0 Å². The molecule has 1 nitrogen and oxygen atoms in total. The van der Waals surface area contributed by atoms with Gasteiger partial charge in [-0.15, -0.1) is 6.42 Å². The van der Waals surface area contributed by atoms with E-state index in [1.807, 2.05) is 0 Å². The van der Waals surface area contributed by atoms with Gasteiger partial charge in [0.05, 0.1) is 5.41 Å². The second-order valence-electron chi connectivity index (χ2n) is 2.98. The first-order valence-corrected chi connectivity index (χ1v) is 3.77. The van der Waals surface area contributed by atoms with Gasteiger partial charge in [-0.05, 0) is 12.8 Å². The predicted octanol–water partition coefficient (Wildman–Crippen LogP) is 1.77. The third-order valence-electron chi connectivity index (χ3n) is 2.26. The zero-order chi connectivity index (χ0) is 7.45. The molecule has 0 amide bonds. The van der Waals surface area contributed by atoms with Crippen molar-refractivity contribution in [1.82, 2.24) is 0 Å². The summed E-state index contributed by atoms with van der Waals surface area (Å²) >= 11 is 0. The summed E-state index contributed by atoms with van der Waals surface area (Å²) in [5.74, 6) is 2.60. The molecule has 1 fully saturated rings. The number of carbonyl (C=O) groups excluding carboxylic acids is 1. The number of carbonyl (C=O) groups is 1. The van der Waals surface area contributed by atoms with Crippen LogP contribution < -0.4 is 0 Å². The highest BCUT2D eigenvalue weighted by Gasteiger charge is 2.28. The van der Waals surface area contributed by atoms with Gasteiger partial charge < -0.3 is 4.79 Å². The zero-order valence-electron chi connectivity index (χ0n) is 6.10. The molecule has 0 aromatic carbocycles. The van der Waals surface area contributed by atoms with Crippen molar-refractivity contribution in [1.29, 1.82) is 0 Å². The second-order valence-corrected chi connectivity index (χ2v) is 2.98. The van der Waals surface area contributed by atoms with Crippen molar-refractivity contribution in [2.45, 2.75) is 32.1 Å². The van der Waals surface area contributed by atoms with Crippen LogP contribution >= 0.6 is 0 Å². The van der Waals surface area contributed by atoms with Crippen LogP contribution in [0.3, 0.4) is 0 Å². The van der Waals surface area contributed by atoms with Gasteiger partial charge >= 0.3 is 0 Å². The van der Waals surface area contributed by atoms with E-state index in [0.717, 1.165) is 32.0 Å². The van der Waals surface area contributed by atoms with Gasteiger partial charge in [-0.3, -0.25) is 0 Å². The van der Waals surface area contributed by atoms with Gasteiger partial charge in [0.15, 0.2) is 0 Å². The molecule has 1 aliphatic carbocycles. The fourth-order valence-corrected chi connectivity index (χ4v) is 1.48. The molecule has 0 spiro atoms. The SMILES string of the molecule is C#CC1(C=O)CCCCC1. The fraction of sp³-hybridized carbons (Fsp3) is 0.667. The quantitative estimate of drug-likeness (QED) is 0.396. The molecule has 0 radical (unpaired) electrons. The average Bonchev–Trinajstić information content (AvgIpc) is 2.06. The van der Waals surface area contributed by atoms with Crippen LogP contribution in [-0.4, -0.2) is 6.29 Å². The maximum Gasteiger partial charge on any atom is 0.138 e. The van der Waals surface area contributed by atoms with Crippen LogP contribution in [0.15, 0.2) is 0 Å². The van der Waals surface area contributed by atoms with Gasteiger partial charge in [0.25, 0.3) is 0 Å². The summed E-state index contributed by atoms with van der Waals surface area (Å²) in [6.07, 6.45) is 11.5. The van der Waals surface area contributed by atoms with E-state index < -0.39 is 5.41 Å². The summed E-state index contributed by atoms with van der Waals surface area (Å²) < 4.78 is 0. The van der Waals surface area contributed by atoms with Gasteiger partial charge in [0.1, 0.15) is 6.29 Å². The van der Waals surface area contributed by atoms with Gasteiger partial charge in [-0.1, -0.05) is 25.2 Å². The summed E-state index contributed by atoms with van der Waals surface area (Å²) in [5.41, 5.74) is -0.391. The monoisotopic (exact) mass is 136 g/mol. The van der Waals surface area contributed by atoms with Crippen LogP contribution in [0, 0.1) is 17.8 Å². The summed E-state index contributed by atoms with van der Waals surface area (Å²) in [6.45, 7) is 0.